The standard InChI is InChI=1S/C12H10ClF2N3O2S/c1-6(16-9(19)10-17-18-11(13)21-10)7-3-2-4-8(5-7)20-12(14)15/h2-6,12H,1H3,(H,16,19). The molecule has 1 N–H and O–H groups in total. The minimum Gasteiger partial charge on any atom is -0.435 e. The van der Waals surface area contributed by atoms with E-state index in [2.05, 4.69) is 20.3 Å². The van der Waals surface area contributed by atoms with Crippen molar-refractivity contribution in [3.8, 4) is 5.75 Å². The van der Waals surface area contributed by atoms with Gasteiger partial charge in [0.1, 0.15) is 5.75 Å². The first-order chi connectivity index (χ1) is 9.95. The normalized spacial score (nSPS) is 12.2. The van der Waals surface area contributed by atoms with Gasteiger partial charge in [-0.15, -0.1) is 10.2 Å². The summed E-state index contributed by atoms with van der Waals surface area (Å²) in [6, 6.07) is 5.69. The Balaban J connectivity index is 2.06. The molecule has 1 unspecified atom stereocenters. The number of alkyl halides is 2. The number of nitrogens with one attached hydrogen (secondary N) is 1. The average Bonchev–Trinajstić information content (AvgIpc) is 2.85. The van der Waals surface area contributed by atoms with Gasteiger partial charge in [-0.05, 0) is 36.2 Å². The Kier molecular flexibility index (Phi) is 5.03. The number of ether oxygens (including phenoxy) is 1. The summed E-state index contributed by atoms with van der Waals surface area (Å²) >= 11 is 6.56. The molecule has 1 amide bonds. The Labute approximate surface area is 127 Å². The van der Waals surface area contributed by atoms with Crippen LogP contribution in [0.2, 0.25) is 4.47 Å². The molecule has 0 fully saturated rings. The summed E-state index contributed by atoms with van der Waals surface area (Å²) in [7, 11) is 0. The second kappa shape index (κ2) is 6.77. The van der Waals surface area contributed by atoms with Gasteiger partial charge < -0.3 is 10.1 Å². The van der Waals surface area contributed by atoms with E-state index in [1.54, 1.807) is 19.1 Å². The van der Waals surface area contributed by atoms with Crippen molar-refractivity contribution in [1.82, 2.24) is 15.5 Å². The number of carbonyl (C=O) groups is 1. The van der Waals surface area contributed by atoms with Crippen LogP contribution in [0.5, 0.6) is 5.75 Å². The summed E-state index contributed by atoms with van der Waals surface area (Å²) in [5, 5.41) is 9.96. The number of hydrogen-bond donors (Lipinski definition) is 1. The number of carbonyl (C=O) groups excluding carboxylic acids is 1. The SMILES string of the molecule is CC(NC(=O)c1nnc(Cl)s1)c1cccc(OC(F)F)c1. The van der Waals surface area contributed by atoms with Crippen molar-refractivity contribution in [3.05, 3.63) is 39.3 Å². The monoisotopic (exact) mass is 333 g/mol. The molecule has 0 bridgehead atoms. The summed E-state index contributed by atoms with van der Waals surface area (Å²) < 4.78 is 28.8. The molecule has 1 atom stereocenters. The Morgan fingerprint density at radius 3 is 2.81 bits per heavy atom. The van der Waals surface area contributed by atoms with Crippen LogP contribution in [0.1, 0.15) is 28.3 Å². The zero-order valence-electron chi connectivity index (χ0n) is 10.7. The fourth-order valence-corrected chi connectivity index (χ4v) is 2.33. The summed E-state index contributed by atoms with van der Waals surface area (Å²) in [5.41, 5.74) is 0.622. The third kappa shape index (κ3) is 4.33. The highest BCUT2D eigenvalue weighted by atomic mass is 35.5. The van der Waals surface area contributed by atoms with Crippen molar-refractivity contribution < 1.29 is 18.3 Å². The van der Waals surface area contributed by atoms with Gasteiger partial charge in [0.15, 0.2) is 0 Å². The maximum absolute atomic E-state index is 12.2. The highest BCUT2D eigenvalue weighted by Crippen LogP contribution is 2.21. The summed E-state index contributed by atoms with van der Waals surface area (Å²) in [6.45, 7) is -1.18. The lowest BCUT2D eigenvalue weighted by Crippen LogP contribution is -2.26. The molecule has 0 aliphatic rings. The van der Waals surface area contributed by atoms with E-state index < -0.39 is 18.6 Å². The van der Waals surface area contributed by atoms with Crippen LogP contribution >= 0.6 is 22.9 Å². The van der Waals surface area contributed by atoms with E-state index in [9.17, 15) is 13.6 Å². The molecule has 0 saturated carbocycles. The van der Waals surface area contributed by atoms with Crippen molar-refractivity contribution in [1.29, 1.82) is 0 Å². The lowest BCUT2D eigenvalue weighted by molar-refractivity contribution is -0.0499. The van der Waals surface area contributed by atoms with Crippen molar-refractivity contribution in [3.63, 3.8) is 0 Å². The zero-order chi connectivity index (χ0) is 15.4. The predicted molar refractivity (Wildman–Crippen MR) is 73.9 cm³/mol. The summed E-state index contributed by atoms with van der Waals surface area (Å²) in [4.78, 5) is 11.9. The highest BCUT2D eigenvalue weighted by Gasteiger charge is 2.16. The molecule has 1 heterocycles. The number of aromatic nitrogens is 2. The molecule has 0 radical (unpaired) electrons. The molecule has 0 saturated heterocycles. The number of nitrogens with zero attached hydrogens (tertiary/aromatic N) is 2. The molecule has 0 spiro atoms. The summed E-state index contributed by atoms with van der Waals surface area (Å²) in [6.07, 6.45) is 0. The van der Waals surface area contributed by atoms with Crippen LogP contribution in [0.4, 0.5) is 8.78 Å². The molecule has 5 nitrogen and oxygen atoms in total. The quantitative estimate of drug-likeness (QED) is 0.912. The fraction of sp³-hybridized carbons (Fsp3) is 0.250. The first kappa shape index (κ1) is 15.6. The topological polar surface area (TPSA) is 64.1 Å². The van der Waals surface area contributed by atoms with Gasteiger partial charge in [0.25, 0.3) is 5.91 Å². The highest BCUT2D eigenvalue weighted by molar-refractivity contribution is 7.17. The Morgan fingerprint density at radius 2 is 2.19 bits per heavy atom. The maximum Gasteiger partial charge on any atom is 0.387 e. The van der Waals surface area contributed by atoms with E-state index in [-0.39, 0.29) is 15.2 Å². The molecule has 0 aliphatic carbocycles. The minimum absolute atomic E-state index is 0.0301. The number of amides is 1. The predicted octanol–water partition coefficient (Wildman–Crippen LogP) is 3.28. The van der Waals surface area contributed by atoms with Crippen LogP contribution < -0.4 is 10.1 Å². The van der Waals surface area contributed by atoms with Crippen molar-refractivity contribution >= 4 is 28.8 Å². The number of benzene rings is 1. The van der Waals surface area contributed by atoms with Gasteiger partial charge in [0, 0.05) is 0 Å². The van der Waals surface area contributed by atoms with Crippen molar-refractivity contribution in [2.45, 2.75) is 19.6 Å². The fourth-order valence-electron chi connectivity index (χ4n) is 1.60. The van der Waals surface area contributed by atoms with Crippen LogP contribution in [-0.2, 0) is 0 Å². The van der Waals surface area contributed by atoms with Crippen LogP contribution in [0.25, 0.3) is 0 Å². The van der Waals surface area contributed by atoms with Crippen LogP contribution in [0, 0.1) is 0 Å². The molecule has 21 heavy (non-hydrogen) atoms. The van der Waals surface area contributed by atoms with Gasteiger partial charge in [-0.2, -0.15) is 8.78 Å². The molecule has 112 valence electrons. The molecular weight excluding hydrogens is 324 g/mol. The molecule has 0 aliphatic heterocycles. The third-order valence-corrected chi connectivity index (χ3v) is 3.54. The van der Waals surface area contributed by atoms with E-state index in [1.807, 2.05) is 0 Å². The first-order valence-corrected chi connectivity index (χ1v) is 7.00. The Morgan fingerprint density at radius 1 is 1.43 bits per heavy atom. The maximum atomic E-state index is 12.2. The number of halogens is 3. The lowest BCUT2D eigenvalue weighted by Gasteiger charge is -2.14. The lowest BCUT2D eigenvalue weighted by atomic mass is 10.1. The van der Waals surface area contributed by atoms with Gasteiger partial charge in [-0.1, -0.05) is 23.5 Å². The van der Waals surface area contributed by atoms with E-state index in [0.717, 1.165) is 11.3 Å². The minimum atomic E-state index is -2.89. The number of rotatable bonds is 5. The largest absolute Gasteiger partial charge is 0.435 e. The first-order valence-electron chi connectivity index (χ1n) is 5.80. The van der Waals surface area contributed by atoms with Crippen molar-refractivity contribution in [2.75, 3.05) is 0 Å². The van der Waals surface area contributed by atoms with E-state index >= 15 is 0 Å². The van der Waals surface area contributed by atoms with Crippen LogP contribution in [0.3, 0.4) is 0 Å². The second-order valence-corrected chi connectivity index (χ2v) is 5.57. The average molecular weight is 334 g/mol. The van der Waals surface area contributed by atoms with E-state index in [0.29, 0.717) is 5.56 Å². The van der Waals surface area contributed by atoms with Crippen molar-refractivity contribution in [2.24, 2.45) is 0 Å². The van der Waals surface area contributed by atoms with Gasteiger partial charge >= 0.3 is 6.61 Å². The second-order valence-electron chi connectivity index (χ2n) is 4.01. The Bertz CT molecular complexity index is 638. The molecule has 2 rings (SSSR count). The summed E-state index contributed by atoms with van der Waals surface area (Å²) in [5.74, 6) is -0.408. The smallest absolute Gasteiger partial charge is 0.387 e. The van der Waals surface area contributed by atoms with Crippen LogP contribution in [-0.4, -0.2) is 22.7 Å². The number of hydrogen-bond acceptors (Lipinski definition) is 5. The van der Waals surface area contributed by atoms with Gasteiger partial charge in [0.05, 0.1) is 6.04 Å². The van der Waals surface area contributed by atoms with Gasteiger partial charge in [-0.3, -0.25) is 4.79 Å². The van der Waals surface area contributed by atoms with Gasteiger partial charge in [0.2, 0.25) is 9.47 Å². The molecule has 1 aromatic carbocycles. The molecular formula is C12H10ClF2N3O2S. The zero-order valence-corrected chi connectivity index (χ0v) is 12.3. The molecule has 1 aromatic heterocycles. The van der Waals surface area contributed by atoms with E-state index in [4.69, 9.17) is 11.6 Å². The third-order valence-electron chi connectivity index (χ3n) is 2.53. The molecule has 9 heteroatoms. The van der Waals surface area contributed by atoms with Gasteiger partial charge in [-0.25, -0.2) is 0 Å². The Hall–Kier alpha value is -1.80. The van der Waals surface area contributed by atoms with E-state index in [1.165, 1.54) is 12.1 Å². The van der Waals surface area contributed by atoms with Crippen LogP contribution in [0.15, 0.2) is 24.3 Å². The molecule has 2 aromatic rings.